The molecule has 1 aromatic heterocycles. The molecule has 0 aromatic carbocycles. The first-order valence-electron chi connectivity index (χ1n) is 3.09. The zero-order valence-electron chi connectivity index (χ0n) is 5.32. The van der Waals surface area contributed by atoms with Gasteiger partial charge < -0.3 is 4.42 Å². The molecule has 0 amide bonds. The van der Waals surface area contributed by atoms with E-state index >= 15 is 0 Å². The van der Waals surface area contributed by atoms with Gasteiger partial charge in [0.15, 0.2) is 0 Å². The van der Waals surface area contributed by atoms with Gasteiger partial charge in [-0.1, -0.05) is 0 Å². The maximum atomic E-state index is 5.11. The molecule has 3 heteroatoms. The van der Waals surface area contributed by atoms with E-state index < -0.39 is 0 Å². The molecule has 0 saturated heterocycles. The Kier molecular flexibility index (Phi) is 1.13. The van der Waals surface area contributed by atoms with E-state index in [0.29, 0.717) is 0 Å². The van der Waals surface area contributed by atoms with Gasteiger partial charge in [0.05, 0.1) is 6.26 Å². The van der Waals surface area contributed by atoms with Crippen molar-refractivity contribution in [2.75, 3.05) is 0 Å². The van der Waals surface area contributed by atoms with Crippen LogP contribution in [0.25, 0.3) is 0 Å². The number of hydrogen-bond donors (Lipinski definition) is 0. The molecular formula is C7H6N2O. The van der Waals surface area contributed by atoms with E-state index in [2.05, 4.69) is 10.2 Å². The molecule has 1 aromatic rings. The number of furan rings is 1. The maximum absolute atomic E-state index is 5.11. The van der Waals surface area contributed by atoms with Crippen LogP contribution in [-0.2, 0) is 0 Å². The summed E-state index contributed by atoms with van der Waals surface area (Å²) in [6.07, 6.45) is 4.18. The van der Waals surface area contributed by atoms with E-state index in [1.807, 2.05) is 12.1 Å². The normalized spacial score (nSPS) is 15.8. The zero-order valence-corrected chi connectivity index (χ0v) is 5.32. The molecule has 0 bridgehead atoms. The van der Waals surface area contributed by atoms with Crippen LogP contribution in [0.2, 0.25) is 0 Å². The van der Waals surface area contributed by atoms with E-state index in [1.54, 1.807) is 12.5 Å². The Hall–Kier alpha value is -1.38. The van der Waals surface area contributed by atoms with Gasteiger partial charge in [-0.25, -0.2) is 0 Å². The van der Waals surface area contributed by atoms with Crippen molar-refractivity contribution in [1.82, 2.24) is 0 Å². The second-order valence-corrected chi connectivity index (χ2v) is 2.03. The van der Waals surface area contributed by atoms with Crippen molar-refractivity contribution >= 4 is 11.9 Å². The summed E-state index contributed by atoms with van der Waals surface area (Å²) in [5.74, 6) is 0.817. The van der Waals surface area contributed by atoms with E-state index in [1.165, 1.54) is 0 Å². The second-order valence-electron chi connectivity index (χ2n) is 2.03. The molecule has 0 saturated carbocycles. The summed E-state index contributed by atoms with van der Waals surface area (Å²) in [5, 5.41) is 7.59. The van der Waals surface area contributed by atoms with Gasteiger partial charge in [0.2, 0.25) is 0 Å². The smallest absolute Gasteiger partial charge is 0.150 e. The SMILES string of the molecule is C1=NN=C(c2ccco2)C1. The minimum Gasteiger partial charge on any atom is -0.463 e. The van der Waals surface area contributed by atoms with E-state index in [0.717, 1.165) is 17.9 Å². The summed E-state index contributed by atoms with van der Waals surface area (Å²) >= 11 is 0. The molecule has 50 valence electrons. The molecule has 0 aliphatic carbocycles. The summed E-state index contributed by atoms with van der Waals surface area (Å²) in [5.41, 5.74) is 0.907. The number of hydrogen-bond acceptors (Lipinski definition) is 3. The minimum atomic E-state index is 0.785. The summed E-state index contributed by atoms with van der Waals surface area (Å²) in [6, 6.07) is 3.73. The first-order valence-corrected chi connectivity index (χ1v) is 3.09. The molecule has 2 rings (SSSR count). The quantitative estimate of drug-likeness (QED) is 0.572. The lowest BCUT2D eigenvalue weighted by Gasteiger charge is -1.88. The molecule has 0 spiro atoms. The lowest BCUT2D eigenvalue weighted by atomic mass is 10.2. The van der Waals surface area contributed by atoms with Crippen LogP contribution in [0.15, 0.2) is 33.0 Å². The van der Waals surface area contributed by atoms with Crippen LogP contribution in [0.4, 0.5) is 0 Å². The molecule has 10 heavy (non-hydrogen) atoms. The molecule has 1 aliphatic heterocycles. The zero-order chi connectivity index (χ0) is 6.81. The second kappa shape index (κ2) is 2.10. The highest BCUT2D eigenvalue weighted by Crippen LogP contribution is 2.07. The summed E-state index contributed by atoms with van der Waals surface area (Å²) < 4.78 is 5.11. The van der Waals surface area contributed by atoms with Crippen molar-refractivity contribution in [2.24, 2.45) is 10.2 Å². The predicted molar refractivity (Wildman–Crippen MR) is 38.4 cm³/mol. The highest BCUT2D eigenvalue weighted by molar-refractivity contribution is 6.07. The van der Waals surface area contributed by atoms with Crippen LogP contribution < -0.4 is 0 Å². The fourth-order valence-electron chi connectivity index (χ4n) is 0.871. The lowest BCUT2D eigenvalue weighted by molar-refractivity contribution is 0.557. The monoisotopic (exact) mass is 134 g/mol. The van der Waals surface area contributed by atoms with Crippen LogP contribution in [0.1, 0.15) is 12.2 Å². The summed E-state index contributed by atoms with van der Waals surface area (Å²) in [6.45, 7) is 0. The van der Waals surface area contributed by atoms with Gasteiger partial charge in [-0.3, -0.25) is 0 Å². The average Bonchev–Trinajstić information content (AvgIpc) is 2.59. The van der Waals surface area contributed by atoms with Crippen molar-refractivity contribution in [2.45, 2.75) is 6.42 Å². The average molecular weight is 134 g/mol. The highest BCUT2D eigenvalue weighted by atomic mass is 16.3. The molecular weight excluding hydrogens is 128 g/mol. The summed E-state index contributed by atoms with van der Waals surface area (Å²) in [7, 11) is 0. The van der Waals surface area contributed by atoms with E-state index in [4.69, 9.17) is 4.42 Å². The maximum Gasteiger partial charge on any atom is 0.150 e. The van der Waals surface area contributed by atoms with Crippen molar-refractivity contribution in [1.29, 1.82) is 0 Å². The van der Waals surface area contributed by atoms with Crippen LogP contribution >= 0.6 is 0 Å². The van der Waals surface area contributed by atoms with Crippen LogP contribution in [0.3, 0.4) is 0 Å². The van der Waals surface area contributed by atoms with Gasteiger partial charge >= 0.3 is 0 Å². The fourth-order valence-corrected chi connectivity index (χ4v) is 0.871. The Morgan fingerprint density at radius 1 is 1.50 bits per heavy atom. The first-order chi connectivity index (χ1) is 4.97. The van der Waals surface area contributed by atoms with Gasteiger partial charge in [-0.15, -0.1) is 0 Å². The Morgan fingerprint density at radius 3 is 3.10 bits per heavy atom. The Labute approximate surface area is 58.1 Å². The van der Waals surface area contributed by atoms with Crippen LogP contribution in [0.5, 0.6) is 0 Å². The van der Waals surface area contributed by atoms with Gasteiger partial charge in [-0.2, -0.15) is 10.2 Å². The lowest BCUT2D eigenvalue weighted by Crippen LogP contribution is -1.93. The first kappa shape index (κ1) is 5.41. The Bertz CT molecular complexity index is 272. The molecule has 0 unspecified atom stereocenters. The predicted octanol–water partition coefficient (Wildman–Crippen LogP) is 1.46. The van der Waals surface area contributed by atoms with Crippen LogP contribution in [0, 0.1) is 0 Å². The fraction of sp³-hybridized carbons (Fsp3) is 0.143. The van der Waals surface area contributed by atoms with Crippen LogP contribution in [-0.4, -0.2) is 11.9 Å². The molecule has 0 atom stereocenters. The summed E-state index contributed by atoms with van der Waals surface area (Å²) in [4.78, 5) is 0. The van der Waals surface area contributed by atoms with E-state index in [-0.39, 0.29) is 0 Å². The molecule has 0 radical (unpaired) electrons. The largest absolute Gasteiger partial charge is 0.463 e. The number of rotatable bonds is 1. The van der Waals surface area contributed by atoms with Crippen molar-refractivity contribution in [3.63, 3.8) is 0 Å². The molecule has 0 N–H and O–H groups in total. The van der Waals surface area contributed by atoms with E-state index in [9.17, 15) is 0 Å². The molecule has 1 aliphatic rings. The topological polar surface area (TPSA) is 37.9 Å². The highest BCUT2D eigenvalue weighted by Gasteiger charge is 2.07. The third kappa shape index (κ3) is 0.757. The van der Waals surface area contributed by atoms with Crippen molar-refractivity contribution in [3.05, 3.63) is 24.2 Å². The van der Waals surface area contributed by atoms with Gasteiger partial charge in [0.1, 0.15) is 11.5 Å². The number of nitrogens with zero attached hydrogens (tertiary/aromatic N) is 2. The molecule has 3 nitrogen and oxygen atoms in total. The Balaban J connectivity index is 2.30. The molecule has 2 heterocycles. The third-order valence-electron chi connectivity index (χ3n) is 1.35. The minimum absolute atomic E-state index is 0.785. The van der Waals surface area contributed by atoms with Crippen molar-refractivity contribution in [3.8, 4) is 0 Å². The molecule has 0 fully saturated rings. The third-order valence-corrected chi connectivity index (χ3v) is 1.35. The Morgan fingerprint density at radius 2 is 2.50 bits per heavy atom. The van der Waals surface area contributed by atoms with Gasteiger partial charge in [0, 0.05) is 12.6 Å². The standard InChI is InChI=1S/C7H6N2O/c1-2-7(10-5-1)6-3-4-8-9-6/h1-2,4-5H,3H2. The van der Waals surface area contributed by atoms with Gasteiger partial charge in [-0.05, 0) is 12.1 Å². The van der Waals surface area contributed by atoms with Gasteiger partial charge in [0.25, 0.3) is 0 Å². The van der Waals surface area contributed by atoms with Crippen molar-refractivity contribution < 1.29 is 4.42 Å².